The molecule has 3 heteroatoms. The normalized spacial score (nSPS) is 30.3. The molecule has 0 saturated carbocycles. The zero-order chi connectivity index (χ0) is 13.5. The van der Waals surface area contributed by atoms with Crippen molar-refractivity contribution in [2.45, 2.75) is 36.9 Å². The summed E-state index contributed by atoms with van der Waals surface area (Å²) in [4.78, 5) is 0. The van der Waals surface area contributed by atoms with Crippen molar-refractivity contribution in [2.75, 3.05) is 18.6 Å². The smallest absolute Gasteiger partial charge is 0.0881 e. The van der Waals surface area contributed by atoms with Gasteiger partial charge in [-0.1, -0.05) is 38.1 Å². The van der Waals surface area contributed by atoms with Crippen LogP contribution < -0.4 is 0 Å². The minimum Gasteiger partial charge on any atom is -0.376 e. The van der Waals surface area contributed by atoms with Crippen LogP contribution in [0.3, 0.4) is 0 Å². The van der Waals surface area contributed by atoms with Crippen LogP contribution in [0.2, 0.25) is 0 Å². The Balaban J connectivity index is 2.02. The van der Waals surface area contributed by atoms with Crippen LogP contribution >= 0.6 is 23.5 Å². The Kier molecular flexibility index (Phi) is 3.89. The summed E-state index contributed by atoms with van der Waals surface area (Å²) in [6.45, 7) is 4.75. The largest absolute Gasteiger partial charge is 0.376 e. The van der Waals surface area contributed by atoms with Crippen molar-refractivity contribution in [1.82, 2.24) is 0 Å². The van der Waals surface area contributed by atoms with Crippen LogP contribution in [0.15, 0.2) is 24.3 Å². The van der Waals surface area contributed by atoms with Crippen molar-refractivity contribution < 1.29 is 4.74 Å². The summed E-state index contributed by atoms with van der Waals surface area (Å²) in [5, 5.41) is 0. The number of hydrogen-bond acceptors (Lipinski definition) is 3. The molecule has 2 atom stereocenters. The van der Waals surface area contributed by atoms with Crippen LogP contribution in [0.1, 0.15) is 43.4 Å². The van der Waals surface area contributed by atoms with Gasteiger partial charge >= 0.3 is 0 Å². The van der Waals surface area contributed by atoms with Crippen LogP contribution in [0, 0.1) is 5.41 Å². The average Bonchev–Trinajstić information content (AvgIpc) is 2.65. The van der Waals surface area contributed by atoms with E-state index < -0.39 is 0 Å². The third-order valence-corrected chi connectivity index (χ3v) is 7.52. The van der Waals surface area contributed by atoms with E-state index in [1.807, 2.05) is 7.11 Å². The maximum atomic E-state index is 5.86. The second-order valence-electron chi connectivity index (χ2n) is 6.01. The number of benzene rings is 1. The number of methoxy groups -OCH3 is 1. The lowest BCUT2D eigenvalue weighted by Crippen LogP contribution is -2.30. The summed E-state index contributed by atoms with van der Waals surface area (Å²) >= 11 is 4.29. The van der Waals surface area contributed by atoms with Crippen molar-refractivity contribution in [3.63, 3.8) is 0 Å². The summed E-state index contributed by atoms with van der Waals surface area (Å²) in [5.74, 6) is 3.22. The molecule has 1 aromatic carbocycles. The molecule has 0 radical (unpaired) electrons. The second-order valence-corrected chi connectivity index (χ2v) is 8.80. The first kappa shape index (κ1) is 13.8. The molecule has 1 aliphatic heterocycles. The molecule has 1 saturated heterocycles. The van der Waals surface area contributed by atoms with Crippen LogP contribution in [0.5, 0.6) is 0 Å². The van der Waals surface area contributed by atoms with E-state index in [9.17, 15) is 0 Å². The fourth-order valence-corrected chi connectivity index (χ4v) is 7.24. The lowest BCUT2D eigenvalue weighted by molar-refractivity contribution is 0.00820. The second kappa shape index (κ2) is 5.34. The van der Waals surface area contributed by atoms with Crippen molar-refractivity contribution in [3.05, 3.63) is 35.4 Å². The molecule has 0 spiro atoms. The van der Waals surface area contributed by atoms with E-state index in [1.165, 1.54) is 29.1 Å². The number of thioether (sulfide) groups is 2. The molecular weight excluding hydrogens is 272 g/mol. The van der Waals surface area contributed by atoms with Gasteiger partial charge in [-0.2, -0.15) is 0 Å². The van der Waals surface area contributed by atoms with Gasteiger partial charge in [0, 0.05) is 18.4 Å². The van der Waals surface area contributed by atoms with Crippen LogP contribution in [-0.4, -0.2) is 23.2 Å². The highest BCUT2D eigenvalue weighted by Gasteiger charge is 2.50. The predicted octanol–water partition coefficient (Wildman–Crippen LogP) is 4.69. The highest BCUT2D eigenvalue weighted by molar-refractivity contribution is 8.17. The molecule has 1 fully saturated rings. The van der Waals surface area contributed by atoms with E-state index in [0.29, 0.717) is 10.5 Å². The average molecular weight is 294 g/mol. The van der Waals surface area contributed by atoms with Gasteiger partial charge in [0.25, 0.3) is 0 Å². The summed E-state index contributed by atoms with van der Waals surface area (Å²) in [7, 11) is 1.85. The molecule has 0 amide bonds. The lowest BCUT2D eigenvalue weighted by atomic mass is 9.79. The predicted molar refractivity (Wildman–Crippen MR) is 86.0 cm³/mol. The topological polar surface area (TPSA) is 9.23 Å². The van der Waals surface area contributed by atoms with Crippen LogP contribution in [0.4, 0.5) is 0 Å². The van der Waals surface area contributed by atoms with E-state index in [1.54, 1.807) is 0 Å². The first-order valence-corrected chi connectivity index (χ1v) is 9.11. The van der Waals surface area contributed by atoms with Crippen molar-refractivity contribution in [3.8, 4) is 0 Å². The molecule has 1 nitrogen and oxygen atoms in total. The Labute approximate surface area is 124 Å². The van der Waals surface area contributed by atoms with E-state index in [4.69, 9.17) is 4.74 Å². The van der Waals surface area contributed by atoms with Gasteiger partial charge in [-0.3, -0.25) is 0 Å². The van der Waals surface area contributed by atoms with Gasteiger partial charge in [-0.15, -0.1) is 23.5 Å². The summed E-state index contributed by atoms with van der Waals surface area (Å²) in [5.41, 5.74) is 3.11. The van der Waals surface area contributed by atoms with Crippen molar-refractivity contribution in [2.24, 2.45) is 5.41 Å². The van der Waals surface area contributed by atoms with Crippen LogP contribution in [0.25, 0.3) is 0 Å². The molecule has 1 heterocycles. The Morgan fingerprint density at radius 2 is 1.74 bits per heavy atom. The van der Waals surface area contributed by atoms with Gasteiger partial charge in [0.15, 0.2) is 0 Å². The standard InChI is InChI=1S/C16H22OS2/c1-16(2)13(15-18-9-6-10-19-15)11-7-4-5-8-12(11)14(16)17-3/h4-5,7-8,13-15H,6,9-10H2,1-3H3. The molecule has 1 aliphatic carbocycles. The molecule has 1 aromatic rings. The van der Waals surface area contributed by atoms with E-state index in [0.717, 1.165) is 0 Å². The lowest BCUT2D eigenvalue weighted by Gasteiger charge is -2.38. The molecule has 0 bridgehead atoms. The third kappa shape index (κ3) is 2.24. The molecular formula is C16H22OS2. The fraction of sp³-hybridized carbons (Fsp3) is 0.625. The molecule has 0 N–H and O–H groups in total. The molecule has 0 aromatic heterocycles. The highest BCUT2D eigenvalue weighted by atomic mass is 32.2. The quantitative estimate of drug-likeness (QED) is 0.783. The van der Waals surface area contributed by atoms with Crippen LogP contribution in [-0.2, 0) is 4.74 Å². The molecule has 3 rings (SSSR count). The van der Waals surface area contributed by atoms with E-state index in [2.05, 4.69) is 61.6 Å². The van der Waals surface area contributed by atoms with Crippen molar-refractivity contribution in [1.29, 1.82) is 0 Å². The molecule has 2 aliphatic rings. The number of ether oxygens (including phenoxy) is 1. The number of fused-ring (bicyclic) bond motifs is 1. The maximum Gasteiger partial charge on any atom is 0.0881 e. The fourth-order valence-electron chi connectivity index (χ4n) is 3.62. The zero-order valence-corrected chi connectivity index (χ0v) is 13.5. The third-order valence-electron chi connectivity index (χ3n) is 4.45. The SMILES string of the molecule is COC1c2ccccc2C(C2SCCCS2)C1(C)C. The summed E-state index contributed by atoms with van der Waals surface area (Å²) < 4.78 is 6.54. The van der Waals surface area contributed by atoms with E-state index in [-0.39, 0.29) is 11.5 Å². The first-order valence-electron chi connectivity index (χ1n) is 7.01. The molecule has 19 heavy (non-hydrogen) atoms. The highest BCUT2D eigenvalue weighted by Crippen LogP contribution is 2.60. The zero-order valence-electron chi connectivity index (χ0n) is 11.9. The summed E-state index contributed by atoms with van der Waals surface area (Å²) in [6, 6.07) is 8.89. The maximum absolute atomic E-state index is 5.86. The number of hydrogen-bond donors (Lipinski definition) is 0. The Hall–Kier alpha value is -0.120. The molecule has 104 valence electrons. The first-order chi connectivity index (χ1) is 9.16. The Morgan fingerprint density at radius 1 is 1.11 bits per heavy atom. The van der Waals surface area contributed by atoms with Gasteiger partial charge in [0.2, 0.25) is 0 Å². The minimum absolute atomic E-state index is 0.181. The van der Waals surface area contributed by atoms with Gasteiger partial charge < -0.3 is 4.74 Å². The van der Waals surface area contributed by atoms with Gasteiger partial charge in [0.05, 0.1) is 10.7 Å². The van der Waals surface area contributed by atoms with Gasteiger partial charge in [-0.05, 0) is 29.1 Å². The molecule has 2 unspecified atom stereocenters. The monoisotopic (exact) mass is 294 g/mol. The Bertz CT molecular complexity index is 452. The van der Waals surface area contributed by atoms with Gasteiger partial charge in [-0.25, -0.2) is 0 Å². The van der Waals surface area contributed by atoms with E-state index >= 15 is 0 Å². The van der Waals surface area contributed by atoms with Gasteiger partial charge in [0.1, 0.15) is 0 Å². The number of rotatable bonds is 2. The Morgan fingerprint density at radius 3 is 2.37 bits per heavy atom. The summed E-state index contributed by atoms with van der Waals surface area (Å²) in [6.07, 6.45) is 1.59. The van der Waals surface area contributed by atoms with Crippen molar-refractivity contribution >= 4 is 23.5 Å². The minimum atomic E-state index is 0.181.